The summed E-state index contributed by atoms with van der Waals surface area (Å²) in [4.78, 5) is 14.5. The van der Waals surface area contributed by atoms with Gasteiger partial charge in [0.2, 0.25) is 0 Å². The van der Waals surface area contributed by atoms with Crippen molar-refractivity contribution in [2.75, 3.05) is 24.7 Å². The molecule has 1 aliphatic heterocycles. The van der Waals surface area contributed by atoms with E-state index in [-0.39, 0.29) is 19.1 Å². The van der Waals surface area contributed by atoms with Crippen molar-refractivity contribution in [2.45, 2.75) is 98.8 Å². The van der Waals surface area contributed by atoms with Gasteiger partial charge >= 0.3 is 0 Å². The second-order valence-corrected chi connectivity index (χ2v) is 10.2. The highest BCUT2D eigenvalue weighted by Gasteiger charge is 2.28. The highest BCUT2D eigenvalue weighted by atomic mass is 16.5. The SMILES string of the molecule is CC.CC1CC1.CCCCC.CCc1cc(N2CC=C(Oc3ccc(C4CC4)cc3)C2=O)ccc1OCCO. The summed E-state index contributed by atoms with van der Waals surface area (Å²) in [5.41, 5.74) is 3.16. The van der Waals surface area contributed by atoms with E-state index in [1.165, 1.54) is 50.5 Å². The van der Waals surface area contributed by atoms with Gasteiger partial charge in [0.15, 0.2) is 5.76 Å². The van der Waals surface area contributed by atoms with Crippen LogP contribution in [0.25, 0.3) is 0 Å². The first-order chi connectivity index (χ1) is 19.0. The third kappa shape index (κ3) is 11.1. The Bertz CT molecular complexity index is 1000. The Morgan fingerprint density at radius 3 is 2.08 bits per heavy atom. The minimum Gasteiger partial charge on any atom is -0.491 e. The van der Waals surface area contributed by atoms with E-state index in [1.807, 2.05) is 57.2 Å². The summed E-state index contributed by atoms with van der Waals surface area (Å²) >= 11 is 0. The zero-order chi connectivity index (χ0) is 28.6. The molecule has 0 radical (unpaired) electrons. The molecule has 0 saturated heterocycles. The van der Waals surface area contributed by atoms with Crippen molar-refractivity contribution in [1.82, 2.24) is 0 Å². The molecule has 2 saturated carbocycles. The molecule has 1 N–H and O–H groups in total. The quantitative estimate of drug-likeness (QED) is 0.330. The van der Waals surface area contributed by atoms with Gasteiger partial charge in [-0.2, -0.15) is 0 Å². The normalized spacial score (nSPS) is 15.6. The van der Waals surface area contributed by atoms with Gasteiger partial charge in [0.1, 0.15) is 18.1 Å². The van der Waals surface area contributed by atoms with Gasteiger partial charge in [-0.1, -0.05) is 85.8 Å². The highest BCUT2D eigenvalue weighted by Crippen LogP contribution is 2.40. The number of ether oxygens (including phenoxy) is 2. The van der Waals surface area contributed by atoms with Crippen LogP contribution in [0.5, 0.6) is 11.5 Å². The van der Waals surface area contributed by atoms with Crippen LogP contribution in [0.15, 0.2) is 54.3 Å². The van der Waals surface area contributed by atoms with E-state index < -0.39 is 0 Å². The van der Waals surface area contributed by atoms with Crippen LogP contribution in [-0.2, 0) is 11.2 Å². The third-order valence-corrected chi connectivity index (χ3v) is 6.73. The summed E-state index contributed by atoms with van der Waals surface area (Å²) in [6.45, 7) is 13.5. The van der Waals surface area contributed by atoms with Crippen molar-refractivity contribution >= 4 is 11.6 Å². The largest absolute Gasteiger partial charge is 0.491 e. The number of carbonyl (C=O) groups excluding carboxylic acids is 1. The van der Waals surface area contributed by atoms with Crippen LogP contribution < -0.4 is 14.4 Å². The number of aliphatic hydroxyl groups is 1. The Morgan fingerprint density at radius 2 is 1.59 bits per heavy atom. The number of rotatable bonds is 10. The molecule has 0 spiro atoms. The fraction of sp³-hybridized carbons (Fsp3) is 0.559. The molecule has 2 aromatic rings. The summed E-state index contributed by atoms with van der Waals surface area (Å²) in [7, 11) is 0. The van der Waals surface area contributed by atoms with Crippen LogP contribution in [0.1, 0.15) is 104 Å². The maximum atomic E-state index is 12.8. The van der Waals surface area contributed by atoms with Crippen LogP contribution in [0, 0.1) is 5.92 Å². The molecule has 1 amide bonds. The Hall–Kier alpha value is -2.79. The molecule has 5 heteroatoms. The number of amides is 1. The number of unbranched alkanes of at least 4 members (excludes halogenated alkanes) is 2. The lowest BCUT2D eigenvalue weighted by Gasteiger charge is -2.19. The monoisotopic (exact) mass is 537 g/mol. The van der Waals surface area contributed by atoms with E-state index in [1.54, 1.807) is 4.90 Å². The Labute approximate surface area is 237 Å². The molecular weight excluding hydrogens is 486 g/mol. The number of benzene rings is 2. The number of anilines is 1. The summed E-state index contributed by atoms with van der Waals surface area (Å²) in [6.07, 6.45) is 12.2. The molecule has 0 unspecified atom stereocenters. The lowest BCUT2D eigenvalue weighted by molar-refractivity contribution is -0.116. The maximum absolute atomic E-state index is 12.8. The summed E-state index contributed by atoms with van der Waals surface area (Å²) in [5.74, 6) is 3.43. The average Bonchev–Trinajstić information content (AvgIpc) is 3.91. The topological polar surface area (TPSA) is 59.0 Å². The van der Waals surface area contributed by atoms with Crippen LogP contribution >= 0.6 is 0 Å². The Morgan fingerprint density at radius 1 is 0.949 bits per heavy atom. The first-order valence-electron chi connectivity index (χ1n) is 15.2. The smallest absolute Gasteiger partial charge is 0.294 e. The fourth-order valence-corrected chi connectivity index (χ4v) is 3.96. The first-order valence-corrected chi connectivity index (χ1v) is 15.2. The van der Waals surface area contributed by atoms with Gasteiger partial charge in [0, 0.05) is 12.2 Å². The molecule has 2 aliphatic carbocycles. The standard InChI is InChI=1S/C23H25NO4.C5H12.C4H8.C2H6/c1-2-16-15-19(7-10-21(16)27-14-13-25)24-12-11-22(23(24)26)28-20-8-5-18(6-9-20)17-3-4-17;1-3-5-4-2;1-4-2-3-4;1-2/h5-11,15,17,25H,2-4,12-14H2,1H3;3-5H2,1-2H3;4H,2-3H2,1H3;1-2H3. The Balaban J connectivity index is 0.000000410. The van der Waals surface area contributed by atoms with Crippen molar-refractivity contribution in [2.24, 2.45) is 5.92 Å². The molecule has 216 valence electrons. The number of nitrogens with zero attached hydrogens (tertiary/aromatic N) is 1. The van der Waals surface area contributed by atoms with E-state index in [4.69, 9.17) is 14.6 Å². The number of carbonyl (C=O) groups is 1. The molecule has 2 aromatic carbocycles. The van der Waals surface area contributed by atoms with Gasteiger partial charge in [-0.05, 0) is 78.6 Å². The van der Waals surface area contributed by atoms with Crippen LogP contribution in [0.3, 0.4) is 0 Å². The van der Waals surface area contributed by atoms with Crippen LogP contribution in [0.2, 0.25) is 0 Å². The van der Waals surface area contributed by atoms with Crippen molar-refractivity contribution in [3.8, 4) is 11.5 Å². The minimum absolute atomic E-state index is 0.0260. The molecule has 0 bridgehead atoms. The van der Waals surface area contributed by atoms with Crippen molar-refractivity contribution in [1.29, 1.82) is 0 Å². The van der Waals surface area contributed by atoms with Crippen molar-refractivity contribution < 1.29 is 19.4 Å². The molecule has 1 heterocycles. The lowest BCUT2D eigenvalue weighted by Crippen LogP contribution is -2.27. The number of hydrogen-bond donors (Lipinski definition) is 1. The molecule has 0 aromatic heterocycles. The van der Waals surface area contributed by atoms with Gasteiger partial charge in [0.25, 0.3) is 5.91 Å². The molecule has 2 fully saturated rings. The average molecular weight is 538 g/mol. The third-order valence-electron chi connectivity index (χ3n) is 6.73. The molecular formula is C34H51NO4. The van der Waals surface area contributed by atoms with Crippen molar-refractivity contribution in [3.05, 3.63) is 65.4 Å². The molecule has 3 aliphatic rings. The number of hydrogen-bond acceptors (Lipinski definition) is 4. The van der Waals surface area contributed by atoms with E-state index in [9.17, 15) is 4.79 Å². The molecule has 5 rings (SSSR count). The summed E-state index contributed by atoms with van der Waals surface area (Å²) < 4.78 is 11.4. The zero-order valence-corrected chi connectivity index (χ0v) is 25.2. The number of aryl methyl sites for hydroxylation is 1. The number of aliphatic hydroxyl groups excluding tert-OH is 1. The fourth-order valence-electron chi connectivity index (χ4n) is 3.96. The molecule has 39 heavy (non-hydrogen) atoms. The van der Waals surface area contributed by atoms with E-state index >= 15 is 0 Å². The summed E-state index contributed by atoms with van der Waals surface area (Å²) in [6, 6.07) is 13.7. The predicted molar refractivity (Wildman–Crippen MR) is 163 cm³/mol. The lowest BCUT2D eigenvalue weighted by atomic mass is 10.1. The van der Waals surface area contributed by atoms with Gasteiger partial charge in [-0.15, -0.1) is 0 Å². The predicted octanol–water partition coefficient (Wildman–Crippen LogP) is 8.45. The molecule has 0 atom stereocenters. The highest BCUT2D eigenvalue weighted by molar-refractivity contribution is 6.07. The summed E-state index contributed by atoms with van der Waals surface area (Å²) in [5, 5.41) is 8.95. The van der Waals surface area contributed by atoms with E-state index in [0.717, 1.165) is 29.3 Å². The van der Waals surface area contributed by atoms with Crippen molar-refractivity contribution in [3.63, 3.8) is 0 Å². The first kappa shape index (κ1) is 32.4. The maximum Gasteiger partial charge on any atom is 0.294 e. The van der Waals surface area contributed by atoms with Gasteiger partial charge in [0.05, 0.1) is 6.61 Å². The van der Waals surface area contributed by atoms with Crippen LogP contribution in [0.4, 0.5) is 5.69 Å². The van der Waals surface area contributed by atoms with Gasteiger partial charge in [-0.25, -0.2) is 0 Å². The second kappa shape index (κ2) is 17.7. The van der Waals surface area contributed by atoms with Crippen LogP contribution in [-0.4, -0.2) is 30.8 Å². The molecule has 5 nitrogen and oxygen atoms in total. The van der Waals surface area contributed by atoms with E-state index in [2.05, 4.69) is 32.9 Å². The van der Waals surface area contributed by atoms with Gasteiger partial charge < -0.3 is 19.5 Å². The minimum atomic E-state index is -0.141. The Kier molecular flexibility index (Phi) is 14.7. The second-order valence-electron chi connectivity index (χ2n) is 10.2. The zero-order valence-electron chi connectivity index (χ0n) is 25.2. The van der Waals surface area contributed by atoms with Gasteiger partial charge in [-0.3, -0.25) is 4.79 Å². The van der Waals surface area contributed by atoms with E-state index in [0.29, 0.717) is 24.0 Å².